The number of rotatable bonds is 7. The number of hydrogen-bond donors (Lipinski definition) is 4. The van der Waals surface area contributed by atoms with Crippen LogP contribution in [0.25, 0.3) is 22.1 Å². The van der Waals surface area contributed by atoms with E-state index in [1.807, 2.05) is 24.3 Å². The summed E-state index contributed by atoms with van der Waals surface area (Å²) in [5.41, 5.74) is 1.92. The van der Waals surface area contributed by atoms with Gasteiger partial charge in [-0.25, -0.2) is 4.79 Å². The first-order valence-electron chi connectivity index (χ1n) is 12.7. The van der Waals surface area contributed by atoms with Gasteiger partial charge in [0.2, 0.25) is 0 Å². The molecule has 0 radical (unpaired) electrons. The summed E-state index contributed by atoms with van der Waals surface area (Å²) < 4.78 is 22.3. The number of nitrogens with one attached hydrogen (secondary N) is 2. The van der Waals surface area contributed by atoms with E-state index in [9.17, 15) is 19.8 Å². The van der Waals surface area contributed by atoms with Gasteiger partial charge in [-0.1, -0.05) is 12.1 Å². The summed E-state index contributed by atoms with van der Waals surface area (Å²) in [4.78, 5) is 26.0. The summed E-state index contributed by atoms with van der Waals surface area (Å²) in [6.07, 6.45) is -2.67. The van der Waals surface area contributed by atoms with E-state index >= 15 is 0 Å². The molecule has 5 rings (SSSR count). The summed E-state index contributed by atoms with van der Waals surface area (Å²) in [5.74, 6) is 1.16. The predicted octanol–water partition coefficient (Wildman–Crippen LogP) is 3.11. The summed E-state index contributed by atoms with van der Waals surface area (Å²) >= 11 is 0. The summed E-state index contributed by atoms with van der Waals surface area (Å²) in [5, 5.41) is 26.4. The van der Waals surface area contributed by atoms with Crippen molar-refractivity contribution >= 4 is 22.6 Å². The fraction of sp³-hybridized carbons (Fsp3) is 0.267. The molecule has 40 heavy (non-hydrogen) atoms. The molecule has 4 N–H and O–H groups in total. The summed E-state index contributed by atoms with van der Waals surface area (Å²) in [6, 6.07) is 17.3. The monoisotopic (exact) mass is 546 g/mol. The van der Waals surface area contributed by atoms with Crippen molar-refractivity contribution in [1.29, 1.82) is 0 Å². The van der Waals surface area contributed by atoms with E-state index in [4.69, 9.17) is 18.6 Å². The van der Waals surface area contributed by atoms with Crippen molar-refractivity contribution in [3.8, 4) is 28.4 Å². The molecule has 0 bridgehead atoms. The molecule has 3 aromatic carbocycles. The van der Waals surface area contributed by atoms with E-state index in [1.54, 1.807) is 57.5 Å². The number of ether oxygens (including phenoxy) is 3. The SMILES string of the molecule is COc1cccc(-c2cc(C(=O)Nc3cc4ccc(OC5CNC[C@@H](O)[C@H]5O)c(C)c4oc3=O)ccc2OC)c1. The highest BCUT2D eigenvalue weighted by molar-refractivity contribution is 6.05. The number of aliphatic hydroxyl groups excluding tert-OH is 2. The van der Waals surface area contributed by atoms with Crippen molar-refractivity contribution in [3.63, 3.8) is 0 Å². The van der Waals surface area contributed by atoms with Crippen molar-refractivity contribution in [2.45, 2.75) is 25.2 Å². The van der Waals surface area contributed by atoms with Gasteiger partial charge in [-0.2, -0.15) is 0 Å². The van der Waals surface area contributed by atoms with Crippen molar-refractivity contribution < 1.29 is 33.6 Å². The van der Waals surface area contributed by atoms with Crippen LogP contribution in [0.3, 0.4) is 0 Å². The zero-order valence-electron chi connectivity index (χ0n) is 22.3. The Morgan fingerprint density at radius 1 is 1.00 bits per heavy atom. The molecule has 3 atom stereocenters. The molecule has 1 fully saturated rings. The Bertz CT molecular complexity index is 1620. The molecule has 0 aliphatic carbocycles. The second-order valence-corrected chi connectivity index (χ2v) is 9.53. The van der Waals surface area contributed by atoms with Crippen molar-refractivity contribution in [2.75, 3.05) is 32.6 Å². The zero-order chi connectivity index (χ0) is 28.4. The number of aryl methyl sites for hydroxylation is 1. The summed E-state index contributed by atoms with van der Waals surface area (Å²) in [7, 11) is 3.13. The fourth-order valence-corrected chi connectivity index (χ4v) is 4.72. The topological polar surface area (TPSA) is 139 Å². The number of amides is 1. The van der Waals surface area contributed by atoms with Gasteiger partial charge in [0.1, 0.15) is 40.7 Å². The molecule has 10 heteroatoms. The number of carbonyl (C=O) groups excluding carboxylic acids is 1. The van der Waals surface area contributed by atoms with Gasteiger partial charge in [0.25, 0.3) is 5.91 Å². The predicted molar refractivity (Wildman–Crippen MR) is 149 cm³/mol. The maximum Gasteiger partial charge on any atom is 0.360 e. The Balaban J connectivity index is 1.41. The molecule has 1 unspecified atom stereocenters. The first-order chi connectivity index (χ1) is 19.3. The Hall–Kier alpha value is -4.38. The second-order valence-electron chi connectivity index (χ2n) is 9.53. The van der Waals surface area contributed by atoms with Crippen LogP contribution >= 0.6 is 0 Å². The van der Waals surface area contributed by atoms with Crippen molar-refractivity contribution in [2.24, 2.45) is 0 Å². The largest absolute Gasteiger partial charge is 0.497 e. The van der Waals surface area contributed by atoms with Gasteiger partial charge in [-0.05, 0) is 61.0 Å². The van der Waals surface area contributed by atoms with E-state index in [0.717, 1.165) is 5.56 Å². The van der Waals surface area contributed by atoms with Crippen LogP contribution in [-0.2, 0) is 0 Å². The molecule has 0 spiro atoms. The van der Waals surface area contributed by atoms with Gasteiger partial charge in [0.05, 0.1) is 20.3 Å². The molecule has 1 aliphatic rings. The van der Waals surface area contributed by atoms with Gasteiger partial charge in [-0.3, -0.25) is 4.79 Å². The number of methoxy groups -OCH3 is 2. The molecule has 1 aliphatic heterocycles. The van der Waals surface area contributed by atoms with E-state index in [2.05, 4.69) is 10.6 Å². The van der Waals surface area contributed by atoms with Crippen LogP contribution < -0.4 is 30.5 Å². The number of hydrogen-bond acceptors (Lipinski definition) is 9. The highest BCUT2D eigenvalue weighted by Crippen LogP contribution is 2.33. The molecular formula is C30H30N2O8. The highest BCUT2D eigenvalue weighted by Gasteiger charge is 2.32. The smallest absolute Gasteiger partial charge is 0.360 e. The summed E-state index contributed by atoms with van der Waals surface area (Å²) in [6.45, 7) is 2.37. The minimum Gasteiger partial charge on any atom is -0.497 e. The molecule has 4 aromatic rings. The fourth-order valence-electron chi connectivity index (χ4n) is 4.72. The Morgan fingerprint density at radius 3 is 2.58 bits per heavy atom. The van der Waals surface area contributed by atoms with Crippen LogP contribution in [0.5, 0.6) is 17.2 Å². The third-order valence-electron chi connectivity index (χ3n) is 6.94. The lowest BCUT2D eigenvalue weighted by atomic mass is 10.0. The maximum atomic E-state index is 13.2. The minimum absolute atomic E-state index is 0.0145. The number of benzene rings is 3. The standard InChI is InChI=1S/C30H30N2O8/c1-16-24(39-26-15-31-14-23(33)27(26)34)9-7-18-13-22(30(36)40-28(16)18)32-29(35)19-8-10-25(38-3)21(12-19)17-5-4-6-20(11-17)37-2/h4-13,23,26-27,31,33-34H,14-15H2,1-3H3,(H,32,35)/t23-,26?,27-/m1/s1. The number of aliphatic hydroxyl groups is 2. The van der Waals surface area contributed by atoms with Crippen molar-refractivity contribution in [3.05, 3.63) is 82.2 Å². The number of piperidine rings is 1. The lowest BCUT2D eigenvalue weighted by Crippen LogP contribution is -2.55. The van der Waals surface area contributed by atoms with Crippen LogP contribution in [0.1, 0.15) is 15.9 Å². The van der Waals surface area contributed by atoms with Gasteiger partial charge in [0.15, 0.2) is 0 Å². The molecular weight excluding hydrogens is 516 g/mol. The van der Waals surface area contributed by atoms with Crippen LogP contribution in [0.4, 0.5) is 5.69 Å². The Labute approximate surface area is 230 Å². The van der Waals surface area contributed by atoms with Gasteiger partial charge in [-0.15, -0.1) is 0 Å². The lowest BCUT2D eigenvalue weighted by Gasteiger charge is -2.33. The van der Waals surface area contributed by atoms with Crippen LogP contribution in [0.2, 0.25) is 0 Å². The molecule has 208 valence electrons. The quantitative estimate of drug-likeness (QED) is 0.258. The highest BCUT2D eigenvalue weighted by atomic mass is 16.5. The third-order valence-corrected chi connectivity index (χ3v) is 6.94. The van der Waals surface area contributed by atoms with Crippen LogP contribution in [0, 0.1) is 6.92 Å². The molecule has 1 amide bonds. The molecule has 1 saturated heterocycles. The average molecular weight is 547 g/mol. The number of anilines is 1. The molecule has 0 saturated carbocycles. The lowest BCUT2D eigenvalue weighted by molar-refractivity contribution is -0.0653. The normalized spacial score (nSPS) is 18.8. The second kappa shape index (κ2) is 11.4. The molecule has 1 aromatic heterocycles. The zero-order valence-corrected chi connectivity index (χ0v) is 22.3. The Kier molecular flexibility index (Phi) is 7.74. The van der Waals surface area contributed by atoms with E-state index in [1.165, 1.54) is 0 Å². The average Bonchev–Trinajstić information content (AvgIpc) is 2.97. The number of β-amino-alcohol motifs (C(OH)–C–C–N with tert-alkyl or cyclic N) is 1. The Morgan fingerprint density at radius 2 is 1.80 bits per heavy atom. The maximum absolute atomic E-state index is 13.2. The van der Waals surface area contributed by atoms with Crippen LogP contribution in [-0.4, -0.2) is 61.7 Å². The third kappa shape index (κ3) is 5.37. The first kappa shape index (κ1) is 27.2. The van der Waals surface area contributed by atoms with Crippen molar-refractivity contribution in [1.82, 2.24) is 5.32 Å². The molecule has 2 heterocycles. The first-order valence-corrected chi connectivity index (χ1v) is 12.7. The van der Waals surface area contributed by atoms with Gasteiger partial charge < -0.3 is 39.5 Å². The number of carbonyl (C=O) groups is 1. The van der Waals surface area contributed by atoms with Crippen LogP contribution in [0.15, 0.2) is 69.9 Å². The van der Waals surface area contributed by atoms with E-state index in [0.29, 0.717) is 51.5 Å². The number of fused-ring (bicyclic) bond motifs is 1. The molecule has 10 nitrogen and oxygen atoms in total. The van der Waals surface area contributed by atoms with E-state index < -0.39 is 29.8 Å². The van der Waals surface area contributed by atoms with E-state index in [-0.39, 0.29) is 12.2 Å². The van der Waals surface area contributed by atoms with Gasteiger partial charge >= 0.3 is 5.63 Å². The minimum atomic E-state index is -1.05. The van der Waals surface area contributed by atoms with Gasteiger partial charge in [0, 0.05) is 35.2 Å².